The molecule has 0 aliphatic carbocycles. The molecule has 4 heteroatoms. The van der Waals surface area contributed by atoms with Crippen LogP contribution in [-0.4, -0.2) is 29.9 Å². The molecule has 1 fully saturated rings. The molecule has 0 bridgehead atoms. The van der Waals surface area contributed by atoms with Crippen molar-refractivity contribution < 1.29 is 9.18 Å². The fourth-order valence-corrected chi connectivity index (χ4v) is 2.63. The van der Waals surface area contributed by atoms with E-state index in [2.05, 4.69) is 5.32 Å². The van der Waals surface area contributed by atoms with Crippen LogP contribution in [0.15, 0.2) is 24.3 Å². The molecule has 0 spiro atoms. The Balaban J connectivity index is 2.05. The minimum atomic E-state index is -0.253. The number of carbonyl (C=O) groups is 1. The molecule has 2 unspecified atom stereocenters. The van der Waals surface area contributed by atoms with E-state index >= 15 is 0 Å². The predicted molar refractivity (Wildman–Crippen MR) is 73.1 cm³/mol. The Morgan fingerprint density at radius 1 is 1.53 bits per heavy atom. The van der Waals surface area contributed by atoms with Crippen LogP contribution in [0.3, 0.4) is 0 Å². The summed E-state index contributed by atoms with van der Waals surface area (Å²) in [6.07, 6.45) is 0.889. The number of nitrogens with zero attached hydrogens (tertiary/aromatic N) is 1. The van der Waals surface area contributed by atoms with Crippen LogP contribution in [-0.2, 0) is 11.3 Å². The van der Waals surface area contributed by atoms with Crippen LogP contribution in [0.2, 0.25) is 0 Å². The molecule has 0 aromatic heterocycles. The Kier molecular flexibility index (Phi) is 4.53. The Morgan fingerprint density at radius 3 is 2.89 bits per heavy atom. The number of nitrogens with one attached hydrogen (secondary N) is 1. The van der Waals surface area contributed by atoms with Gasteiger partial charge in [-0.2, -0.15) is 0 Å². The first-order chi connectivity index (χ1) is 9.11. The number of carbonyl (C=O) groups excluding carboxylic acids is 1. The van der Waals surface area contributed by atoms with Crippen LogP contribution >= 0.6 is 0 Å². The highest BCUT2D eigenvalue weighted by atomic mass is 19.1. The Hall–Kier alpha value is -1.42. The molecule has 0 radical (unpaired) electrons. The van der Waals surface area contributed by atoms with Gasteiger partial charge in [-0.05, 0) is 44.5 Å². The van der Waals surface area contributed by atoms with Crippen molar-refractivity contribution >= 4 is 5.91 Å². The number of amides is 1. The van der Waals surface area contributed by atoms with E-state index in [0.717, 1.165) is 18.5 Å². The number of hydrogen-bond acceptors (Lipinski definition) is 2. The second-order valence-electron chi connectivity index (χ2n) is 5.12. The minimum absolute atomic E-state index is 0.0495. The molecule has 104 valence electrons. The second-order valence-corrected chi connectivity index (χ2v) is 5.12. The van der Waals surface area contributed by atoms with Gasteiger partial charge in [-0.3, -0.25) is 4.79 Å². The number of halogens is 1. The first-order valence-corrected chi connectivity index (χ1v) is 6.88. The zero-order valence-corrected chi connectivity index (χ0v) is 11.5. The van der Waals surface area contributed by atoms with Gasteiger partial charge in [-0.15, -0.1) is 0 Å². The summed E-state index contributed by atoms with van der Waals surface area (Å²) in [5.74, 6) is -0.0327. The molecule has 1 heterocycles. The predicted octanol–water partition coefficient (Wildman–Crippen LogP) is 2.17. The molecule has 19 heavy (non-hydrogen) atoms. The third-order valence-electron chi connectivity index (χ3n) is 3.80. The lowest BCUT2D eigenvalue weighted by molar-refractivity contribution is -0.136. The molecule has 1 aromatic rings. The monoisotopic (exact) mass is 264 g/mol. The molecule has 3 nitrogen and oxygen atoms in total. The van der Waals surface area contributed by atoms with Gasteiger partial charge in [0.1, 0.15) is 5.82 Å². The molecule has 0 saturated carbocycles. The van der Waals surface area contributed by atoms with Crippen molar-refractivity contribution in [2.45, 2.75) is 32.9 Å². The molecule has 1 aromatic carbocycles. The minimum Gasteiger partial charge on any atom is -0.338 e. The summed E-state index contributed by atoms with van der Waals surface area (Å²) >= 11 is 0. The van der Waals surface area contributed by atoms with Crippen molar-refractivity contribution in [3.8, 4) is 0 Å². The second kappa shape index (κ2) is 6.15. The highest BCUT2D eigenvalue weighted by Gasteiger charge is 2.32. The zero-order valence-electron chi connectivity index (χ0n) is 11.5. The summed E-state index contributed by atoms with van der Waals surface area (Å²) in [6.45, 7) is 6.04. The first kappa shape index (κ1) is 14.0. The quantitative estimate of drug-likeness (QED) is 0.904. The zero-order chi connectivity index (χ0) is 13.8. The molecule has 2 atom stereocenters. The molecule has 2 rings (SSSR count). The lowest BCUT2D eigenvalue weighted by Crippen LogP contribution is -2.39. The average Bonchev–Trinajstić information content (AvgIpc) is 2.81. The molecular weight excluding hydrogens is 243 g/mol. The molecule has 1 N–H and O–H groups in total. The molecule has 1 saturated heterocycles. The van der Waals surface area contributed by atoms with Crippen molar-refractivity contribution in [3.05, 3.63) is 35.6 Å². The van der Waals surface area contributed by atoms with Gasteiger partial charge < -0.3 is 10.2 Å². The van der Waals surface area contributed by atoms with Crippen LogP contribution in [0.4, 0.5) is 4.39 Å². The molecule has 1 aliphatic rings. The van der Waals surface area contributed by atoms with E-state index in [-0.39, 0.29) is 23.7 Å². The summed E-state index contributed by atoms with van der Waals surface area (Å²) in [6, 6.07) is 6.68. The van der Waals surface area contributed by atoms with Crippen molar-refractivity contribution in [2.75, 3.05) is 13.1 Å². The summed E-state index contributed by atoms with van der Waals surface area (Å²) < 4.78 is 13.2. The standard InChI is InChI=1S/C15H21FN2O/c1-3-18(10-12-5-4-6-13(16)9-12)15(19)14-7-8-17-11(14)2/h4-6,9,11,14,17H,3,7-8,10H2,1-2H3. The number of benzene rings is 1. The average molecular weight is 264 g/mol. The van der Waals surface area contributed by atoms with E-state index in [1.165, 1.54) is 12.1 Å². The SMILES string of the molecule is CCN(Cc1cccc(F)c1)C(=O)C1CCNC1C. The molecular formula is C15H21FN2O. The molecule has 1 aliphatic heterocycles. The Morgan fingerprint density at radius 2 is 2.32 bits per heavy atom. The summed E-state index contributed by atoms with van der Waals surface area (Å²) in [4.78, 5) is 14.3. The van der Waals surface area contributed by atoms with Gasteiger partial charge in [0.05, 0.1) is 5.92 Å². The highest BCUT2D eigenvalue weighted by Crippen LogP contribution is 2.19. The van der Waals surface area contributed by atoms with E-state index in [1.807, 2.05) is 24.8 Å². The third kappa shape index (κ3) is 3.32. The third-order valence-corrected chi connectivity index (χ3v) is 3.80. The number of rotatable bonds is 4. The Labute approximate surface area is 113 Å². The maximum absolute atomic E-state index is 13.2. The topological polar surface area (TPSA) is 32.3 Å². The maximum atomic E-state index is 13.2. The maximum Gasteiger partial charge on any atom is 0.227 e. The summed E-state index contributed by atoms with van der Waals surface area (Å²) in [5.41, 5.74) is 0.841. The molecule has 1 amide bonds. The summed E-state index contributed by atoms with van der Waals surface area (Å²) in [7, 11) is 0. The van der Waals surface area contributed by atoms with Gasteiger partial charge in [0.15, 0.2) is 0 Å². The van der Waals surface area contributed by atoms with Crippen LogP contribution in [0.5, 0.6) is 0 Å². The smallest absolute Gasteiger partial charge is 0.227 e. The van der Waals surface area contributed by atoms with Gasteiger partial charge in [0, 0.05) is 19.1 Å². The fraction of sp³-hybridized carbons (Fsp3) is 0.533. The summed E-state index contributed by atoms with van der Waals surface area (Å²) in [5, 5.41) is 3.29. The van der Waals surface area contributed by atoms with E-state index in [1.54, 1.807) is 6.07 Å². The van der Waals surface area contributed by atoms with Crippen LogP contribution in [0.25, 0.3) is 0 Å². The fourth-order valence-electron chi connectivity index (χ4n) is 2.63. The first-order valence-electron chi connectivity index (χ1n) is 6.88. The highest BCUT2D eigenvalue weighted by molar-refractivity contribution is 5.79. The van der Waals surface area contributed by atoms with Crippen LogP contribution in [0, 0.1) is 11.7 Å². The van der Waals surface area contributed by atoms with Crippen molar-refractivity contribution in [1.82, 2.24) is 10.2 Å². The van der Waals surface area contributed by atoms with Gasteiger partial charge in [-0.1, -0.05) is 12.1 Å². The van der Waals surface area contributed by atoms with E-state index in [4.69, 9.17) is 0 Å². The lowest BCUT2D eigenvalue weighted by Gasteiger charge is -2.26. The van der Waals surface area contributed by atoms with Crippen molar-refractivity contribution in [3.63, 3.8) is 0 Å². The van der Waals surface area contributed by atoms with E-state index < -0.39 is 0 Å². The van der Waals surface area contributed by atoms with Gasteiger partial charge in [0.2, 0.25) is 5.91 Å². The lowest BCUT2D eigenvalue weighted by atomic mass is 10.00. The van der Waals surface area contributed by atoms with Crippen molar-refractivity contribution in [2.24, 2.45) is 5.92 Å². The van der Waals surface area contributed by atoms with Crippen LogP contribution < -0.4 is 5.32 Å². The van der Waals surface area contributed by atoms with Gasteiger partial charge >= 0.3 is 0 Å². The van der Waals surface area contributed by atoms with E-state index in [0.29, 0.717) is 13.1 Å². The van der Waals surface area contributed by atoms with E-state index in [9.17, 15) is 9.18 Å². The largest absolute Gasteiger partial charge is 0.338 e. The number of hydrogen-bond donors (Lipinski definition) is 1. The Bertz CT molecular complexity index is 450. The van der Waals surface area contributed by atoms with Crippen LogP contribution in [0.1, 0.15) is 25.8 Å². The normalized spacial score (nSPS) is 22.5. The van der Waals surface area contributed by atoms with Gasteiger partial charge in [-0.25, -0.2) is 4.39 Å². The van der Waals surface area contributed by atoms with Crippen molar-refractivity contribution in [1.29, 1.82) is 0 Å². The van der Waals surface area contributed by atoms with Gasteiger partial charge in [0.25, 0.3) is 0 Å².